The fourth-order valence-corrected chi connectivity index (χ4v) is 5.50. The highest BCUT2D eigenvalue weighted by atomic mass is 16.7. The molecule has 1 saturated heterocycles. The van der Waals surface area contributed by atoms with Gasteiger partial charge in [-0.15, -0.1) is 0 Å². The van der Waals surface area contributed by atoms with E-state index < -0.39 is 12.0 Å². The second-order valence-electron chi connectivity index (χ2n) is 9.74. The van der Waals surface area contributed by atoms with E-state index in [1.54, 1.807) is 0 Å². The minimum absolute atomic E-state index is 0.0466. The molecule has 1 atom stereocenters. The Morgan fingerprint density at radius 3 is 2.35 bits per heavy atom. The number of nitrogens with zero attached hydrogens (tertiary/aromatic N) is 2. The second kappa shape index (κ2) is 11.3. The zero-order valence-corrected chi connectivity index (χ0v) is 22.2. The number of ether oxygens (including phenoxy) is 4. The molecule has 3 aromatic carbocycles. The molecule has 0 bridgehead atoms. The van der Waals surface area contributed by atoms with Crippen molar-refractivity contribution < 1.29 is 23.7 Å². The Morgan fingerprint density at radius 1 is 0.950 bits per heavy atom. The van der Waals surface area contributed by atoms with Gasteiger partial charge in [-0.3, -0.25) is 9.36 Å². The number of benzene rings is 3. The minimum Gasteiger partial charge on any atom is -0.464 e. The summed E-state index contributed by atoms with van der Waals surface area (Å²) < 4.78 is 23.7. The van der Waals surface area contributed by atoms with Crippen LogP contribution in [0.4, 0.5) is 5.69 Å². The summed E-state index contributed by atoms with van der Waals surface area (Å²) in [6, 6.07) is 24.6. The van der Waals surface area contributed by atoms with Crippen LogP contribution in [0, 0.1) is 0 Å². The average molecular weight is 539 g/mol. The predicted molar refractivity (Wildman–Crippen MR) is 152 cm³/mol. The van der Waals surface area contributed by atoms with Gasteiger partial charge in [0.2, 0.25) is 6.79 Å². The molecular formula is C32H30N2O6. The van der Waals surface area contributed by atoms with E-state index in [-0.39, 0.29) is 18.0 Å². The van der Waals surface area contributed by atoms with Crippen molar-refractivity contribution in [3.63, 3.8) is 0 Å². The Bertz CT molecular complexity index is 1610. The highest BCUT2D eigenvalue weighted by molar-refractivity contribution is 6.07. The van der Waals surface area contributed by atoms with Gasteiger partial charge >= 0.3 is 5.97 Å². The highest BCUT2D eigenvalue weighted by Crippen LogP contribution is 2.37. The highest BCUT2D eigenvalue weighted by Gasteiger charge is 2.32. The lowest BCUT2D eigenvalue weighted by molar-refractivity contribution is 0.0575. The van der Waals surface area contributed by atoms with Crippen molar-refractivity contribution in [2.75, 3.05) is 45.1 Å². The van der Waals surface area contributed by atoms with Gasteiger partial charge in [-0.05, 0) is 34.7 Å². The lowest BCUT2D eigenvalue weighted by atomic mass is 9.94. The maximum Gasteiger partial charge on any atom is 0.355 e. The lowest BCUT2D eigenvalue weighted by Gasteiger charge is -2.30. The van der Waals surface area contributed by atoms with E-state index in [4.69, 9.17) is 18.9 Å². The number of fused-ring (bicyclic) bond motifs is 1. The number of hydrogen-bond acceptors (Lipinski definition) is 7. The summed E-state index contributed by atoms with van der Waals surface area (Å²) in [6.07, 6.45) is 1.93. The summed E-state index contributed by atoms with van der Waals surface area (Å²) in [4.78, 5) is 30.3. The van der Waals surface area contributed by atoms with Crippen LogP contribution in [0.1, 0.15) is 22.1 Å². The van der Waals surface area contributed by atoms with Crippen molar-refractivity contribution in [2.45, 2.75) is 12.5 Å². The molecule has 0 spiro atoms. The molecule has 0 amide bonds. The van der Waals surface area contributed by atoms with Crippen molar-refractivity contribution >= 4 is 22.4 Å². The van der Waals surface area contributed by atoms with Gasteiger partial charge in [-0.2, -0.15) is 0 Å². The first-order valence-corrected chi connectivity index (χ1v) is 13.3. The number of morpholine rings is 1. The minimum atomic E-state index is -0.641. The Hall–Kier alpha value is -4.56. The zero-order chi connectivity index (χ0) is 27.5. The monoisotopic (exact) mass is 538 g/mol. The number of aromatic nitrogens is 1. The zero-order valence-electron chi connectivity index (χ0n) is 22.2. The van der Waals surface area contributed by atoms with E-state index in [9.17, 15) is 9.59 Å². The first kappa shape index (κ1) is 25.7. The maximum atomic E-state index is 14.4. The fourth-order valence-electron chi connectivity index (χ4n) is 5.50. The van der Waals surface area contributed by atoms with Crippen molar-refractivity contribution in [1.82, 2.24) is 4.57 Å². The first-order valence-electron chi connectivity index (χ1n) is 13.3. The predicted octanol–water partition coefficient (Wildman–Crippen LogP) is 4.92. The number of methoxy groups -OCH3 is 1. The van der Waals surface area contributed by atoms with Gasteiger partial charge in [0.1, 0.15) is 18.0 Å². The van der Waals surface area contributed by atoms with Crippen molar-refractivity contribution in [3.8, 4) is 11.1 Å². The smallest absolute Gasteiger partial charge is 0.355 e. The Balaban J connectivity index is 1.67. The molecule has 0 saturated carbocycles. The van der Waals surface area contributed by atoms with Gasteiger partial charge in [0, 0.05) is 36.1 Å². The van der Waals surface area contributed by atoms with Crippen molar-refractivity contribution in [1.29, 1.82) is 0 Å². The molecule has 2 aliphatic rings. The maximum absolute atomic E-state index is 14.4. The van der Waals surface area contributed by atoms with Crippen LogP contribution in [0.5, 0.6) is 0 Å². The van der Waals surface area contributed by atoms with Gasteiger partial charge in [-0.25, -0.2) is 4.79 Å². The van der Waals surface area contributed by atoms with Crippen LogP contribution >= 0.6 is 0 Å². The summed E-state index contributed by atoms with van der Waals surface area (Å²) in [7, 11) is 1.33. The molecule has 40 heavy (non-hydrogen) atoms. The Kier molecular flexibility index (Phi) is 7.25. The third kappa shape index (κ3) is 4.82. The van der Waals surface area contributed by atoms with Gasteiger partial charge in [0.05, 0.1) is 20.3 Å². The SMILES string of the molecule is COC(=O)c1c(-c2ccccc2)c2cc(N3CCOCC3)ccc2c(=O)n1C(Cc1ccccc1)C1=COCO1. The molecule has 2 aliphatic heterocycles. The molecular weight excluding hydrogens is 508 g/mol. The summed E-state index contributed by atoms with van der Waals surface area (Å²) in [5.41, 5.74) is 3.25. The summed E-state index contributed by atoms with van der Waals surface area (Å²) in [6.45, 7) is 2.81. The van der Waals surface area contributed by atoms with E-state index in [2.05, 4.69) is 4.90 Å². The molecule has 204 valence electrons. The molecule has 0 aliphatic carbocycles. The molecule has 6 rings (SSSR count). The number of hydrogen-bond donors (Lipinski definition) is 0. The molecule has 1 fully saturated rings. The number of esters is 1. The first-order chi connectivity index (χ1) is 19.7. The van der Waals surface area contributed by atoms with Crippen molar-refractivity contribution in [2.24, 2.45) is 0 Å². The molecule has 0 N–H and O–H groups in total. The summed E-state index contributed by atoms with van der Waals surface area (Å²) >= 11 is 0. The molecule has 1 aromatic heterocycles. The van der Waals surface area contributed by atoms with Gasteiger partial charge < -0.3 is 23.8 Å². The van der Waals surface area contributed by atoms with E-state index in [0.717, 1.165) is 29.9 Å². The van der Waals surface area contributed by atoms with Crippen LogP contribution in [0.3, 0.4) is 0 Å². The molecule has 8 heteroatoms. The number of rotatable bonds is 7. The van der Waals surface area contributed by atoms with Crippen LogP contribution in [0.15, 0.2) is 95.7 Å². The van der Waals surface area contributed by atoms with E-state index in [1.807, 2.05) is 78.9 Å². The van der Waals surface area contributed by atoms with E-state index in [0.29, 0.717) is 41.7 Å². The van der Waals surface area contributed by atoms with Crippen LogP contribution in [0.25, 0.3) is 21.9 Å². The van der Waals surface area contributed by atoms with Gasteiger partial charge in [-0.1, -0.05) is 60.7 Å². The van der Waals surface area contributed by atoms with Gasteiger partial charge in [0.25, 0.3) is 5.56 Å². The molecule has 4 aromatic rings. The van der Waals surface area contributed by atoms with E-state index in [1.165, 1.54) is 17.9 Å². The number of anilines is 1. The van der Waals surface area contributed by atoms with Gasteiger partial charge in [0.15, 0.2) is 5.76 Å². The topological polar surface area (TPSA) is 79.2 Å². The quantitative estimate of drug-likeness (QED) is 0.309. The average Bonchev–Trinajstić information content (AvgIpc) is 3.56. The van der Waals surface area contributed by atoms with Crippen LogP contribution < -0.4 is 10.5 Å². The number of carbonyl (C=O) groups excluding carboxylic acids is 1. The Morgan fingerprint density at radius 2 is 1.68 bits per heavy atom. The summed E-state index contributed by atoms with van der Waals surface area (Å²) in [5.74, 6) is -0.133. The van der Waals surface area contributed by atoms with Crippen LogP contribution in [0.2, 0.25) is 0 Å². The molecule has 3 heterocycles. The fraction of sp³-hybridized carbons (Fsp3) is 0.250. The normalized spacial score (nSPS) is 15.7. The van der Waals surface area contributed by atoms with E-state index >= 15 is 0 Å². The molecule has 1 unspecified atom stereocenters. The molecule has 0 radical (unpaired) electrons. The van der Waals surface area contributed by atoms with Crippen molar-refractivity contribution in [3.05, 3.63) is 112 Å². The second-order valence-corrected chi connectivity index (χ2v) is 9.74. The largest absolute Gasteiger partial charge is 0.464 e. The number of allylic oxidation sites excluding steroid dienone is 1. The van der Waals surface area contributed by atoms with Crippen LogP contribution in [-0.2, 0) is 25.4 Å². The third-order valence-electron chi connectivity index (χ3n) is 7.42. The number of pyridine rings is 1. The lowest BCUT2D eigenvalue weighted by Crippen LogP contribution is -2.36. The van der Waals surface area contributed by atoms with Crippen LogP contribution in [-0.4, -0.2) is 50.7 Å². The standard InChI is InChI=1S/C32H30N2O6/c1-37-32(36)30-29(23-10-6-3-7-11-23)26-19-24(33-14-16-38-17-15-33)12-13-25(26)31(35)34(30)27(28-20-39-21-40-28)18-22-8-4-2-5-9-22/h2-13,19-20,27H,14-18,21H2,1H3. The summed E-state index contributed by atoms with van der Waals surface area (Å²) in [5, 5.41) is 1.19. The molecule has 8 nitrogen and oxygen atoms in total. The number of carbonyl (C=O) groups is 1. The Labute approximate surface area is 232 Å². The third-order valence-corrected chi connectivity index (χ3v) is 7.42.